The molecule has 0 amide bonds. The molecule has 4 aromatic carbocycles. The zero-order chi connectivity index (χ0) is 44.0. The number of hydrogen-bond acceptors (Lipinski definition) is 12. The third-order valence-electron chi connectivity index (χ3n) is 10.3. The normalized spacial score (nSPS) is 11.3. The summed E-state index contributed by atoms with van der Waals surface area (Å²) < 4.78 is 79.4. The van der Waals surface area contributed by atoms with Crippen molar-refractivity contribution in [2.45, 2.75) is 97.8 Å². The molecule has 0 bridgehead atoms. The van der Waals surface area contributed by atoms with Crippen LogP contribution in [0.2, 0.25) is 0 Å². The molecule has 12 nitrogen and oxygen atoms in total. The standard InChI is InChI=1S/C48H51F3N6O6/c1-4-7-10-13-22-58-40-19-16-31(28-37(40)49)43-52-46(61-55-43)34-25-35(47-53-44(56-62-47)32-17-20-41(38(50)29-32)59-23-14-11-8-5-2)27-36(26-34)48-54-45(57-63-48)33-18-21-42(39(51)30-33)60-24-15-12-9-6-3/h16-21,25-30H,4-15,22-24H2,1-3H3. The second kappa shape index (κ2) is 22.0. The highest BCUT2D eigenvalue weighted by molar-refractivity contribution is 5.75. The maximum atomic E-state index is 15.1. The lowest BCUT2D eigenvalue weighted by molar-refractivity contribution is 0.290. The Labute approximate surface area is 364 Å². The fourth-order valence-electron chi connectivity index (χ4n) is 6.78. The molecule has 330 valence electrons. The van der Waals surface area contributed by atoms with Crippen LogP contribution >= 0.6 is 0 Å². The Kier molecular flexibility index (Phi) is 15.6. The number of halogens is 3. The van der Waals surface area contributed by atoms with Crippen LogP contribution in [0.25, 0.3) is 68.5 Å². The molecule has 3 aromatic heterocycles. The van der Waals surface area contributed by atoms with Gasteiger partial charge in [-0.25, -0.2) is 13.2 Å². The van der Waals surface area contributed by atoms with Crippen molar-refractivity contribution in [1.82, 2.24) is 30.4 Å². The summed E-state index contributed by atoms with van der Waals surface area (Å²) in [6, 6.07) is 18.5. The van der Waals surface area contributed by atoms with Gasteiger partial charge in [0.1, 0.15) is 0 Å². The quantitative estimate of drug-likeness (QED) is 0.0533. The molecule has 0 aliphatic carbocycles. The maximum absolute atomic E-state index is 15.1. The summed E-state index contributed by atoms with van der Waals surface area (Å²) in [6.07, 6.45) is 12.1. The largest absolute Gasteiger partial charge is 0.491 e. The van der Waals surface area contributed by atoms with Gasteiger partial charge in [-0.15, -0.1) is 0 Å². The van der Waals surface area contributed by atoms with Crippen LogP contribution in [0, 0.1) is 17.5 Å². The Morgan fingerprint density at radius 2 is 0.683 bits per heavy atom. The molecule has 0 fully saturated rings. The molecule has 7 rings (SSSR count). The monoisotopic (exact) mass is 864 g/mol. The van der Waals surface area contributed by atoms with E-state index in [0.717, 1.165) is 77.0 Å². The minimum atomic E-state index is -0.549. The summed E-state index contributed by atoms with van der Waals surface area (Å²) in [4.78, 5) is 13.7. The van der Waals surface area contributed by atoms with Gasteiger partial charge < -0.3 is 27.8 Å². The Morgan fingerprint density at radius 3 is 0.952 bits per heavy atom. The highest BCUT2D eigenvalue weighted by Crippen LogP contribution is 2.35. The molecule has 0 atom stereocenters. The smallest absolute Gasteiger partial charge is 0.258 e. The summed E-state index contributed by atoms with van der Waals surface area (Å²) in [6.45, 7) is 7.62. The molecule has 0 aliphatic rings. The first-order chi connectivity index (χ1) is 30.8. The van der Waals surface area contributed by atoms with Gasteiger partial charge in [-0.2, -0.15) is 15.0 Å². The van der Waals surface area contributed by atoms with Gasteiger partial charge in [-0.05, 0) is 92.1 Å². The van der Waals surface area contributed by atoms with Crippen molar-refractivity contribution < 1.29 is 41.0 Å². The molecule has 0 saturated heterocycles. The van der Waals surface area contributed by atoms with Gasteiger partial charge >= 0.3 is 0 Å². The number of rotatable bonds is 24. The van der Waals surface area contributed by atoms with Gasteiger partial charge in [0.2, 0.25) is 17.5 Å². The summed E-state index contributed by atoms with van der Waals surface area (Å²) in [5.41, 5.74) is 2.31. The van der Waals surface area contributed by atoms with Gasteiger partial charge in [0.05, 0.1) is 19.8 Å². The number of nitrogens with zero attached hydrogens (tertiary/aromatic N) is 6. The van der Waals surface area contributed by atoms with Gasteiger partial charge in [0.25, 0.3) is 17.7 Å². The van der Waals surface area contributed by atoms with Crippen LogP contribution in [0.5, 0.6) is 17.2 Å². The number of hydrogen-bond donors (Lipinski definition) is 0. The average molecular weight is 865 g/mol. The van der Waals surface area contributed by atoms with E-state index in [9.17, 15) is 0 Å². The van der Waals surface area contributed by atoms with Gasteiger partial charge in [-0.1, -0.05) is 94.0 Å². The van der Waals surface area contributed by atoms with E-state index in [1.807, 2.05) is 0 Å². The molecule has 0 N–H and O–H groups in total. The minimum absolute atomic E-state index is 0.0731. The van der Waals surface area contributed by atoms with E-state index in [1.165, 1.54) is 18.2 Å². The zero-order valence-corrected chi connectivity index (χ0v) is 35.8. The van der Waals surface area contributed by atoms with Crippen LogP contribution in [0.1, 0.15) is 97.8 Å². The van der Waals surface area contributed by atoms with Crippen molar-refractivity contribution >= 4 is 0 Å². The maximum Gasteiger partial charge on any atom is 0.258 e. The highest BCUT2D eigenvalue weighted by atomic mass is 19.1. The lowest BCUT2D eigenvalue weighted by Crippen LogP contribution is -1.99. The van der Waals surface area contributed by atoms with Gasteiger partial charge in [-0.3, -0.25) is 0 Å². The second-order valence-electron chi connectivity index (χ2n) is 15.2. The van der Waals surface area contributed by atoms with Crippen LogP contribution in [0.3, 0.4) is 0 Å². The SMILES string of the molecule is CCCCCCOc1ccc(-c2noc(-c3cc(-c4nc(-c5ccc(OCCCCCC)c(F)c5)no4)cc(-c4nc(-c5ccc(OCCCCCC)c(F)c5)no4)c3)n2)cc1F. The summed E-state index contributed by atoms with van der Waals surface area (Å²) >= 11 is 0. The molecule has 63 heavy (non-hydrogen) atoms. The predicted molar refractivity (Wildman–Crippen MR) is 231 cm³/mol. The first kappa shape index (κ1) is 44.5. The van der Waals surface area contributed by atoms with E-state index in [0.29, 0.717) is 53.2 Å². The molecular formula is C48H51F3N6O6. The first-order valence-electron chi connectivity index (χ1n) is 21.8. The summed E-state index contributed by atoms with van der Waals surface area (Å²) in [5, 5.41) is 12.4. The molecule has 15 heteroatoms. The van der Waals surface area contributed by atoms with Crippen molar-refractivity contribution in [2.24, 2.45) is 0 Å². The van der Waals surface area contributed by atoms with Crippen LogP contribution in [0.15, 0.2) is 86.4 Å². The number of unbranched alkanes of at least 4 members (excludes halogenated alkanes) is 9. The van der Waals surface area contributed by atoms with E-state index in [4.69, 9.17) is 27.8 Å². The highest BCUT2D eigenvalue weighted by Gasteiger charge is 2.21. The van der Waals surface area contributed by atoms with E-state index in [2.05, 4.69) is 51.2 Å². The van der Waals surface area contributed by atoms with Crippen molar-refractivity contribution in [3.8, 4) is 85.8 Å². The van der Waals surface area contributed by atoms with Crippen molar-refractivity contribution in [2.75, 3.05) is 19.8 Å². The number of ether oxygens (including phenoxy) is 3. The van der Waals surface area contributed by atoms with Crippen molar-refractivity contribution in [3.05, 3.63) is 90.2 Å². The molecule has 0 unspecified atom stereocenters. The number of benzene rings is 4. The Bertz CT molecular complexity index is 2270. The van der Waals surface area contributed by atoms with Crippen molar-refractivity contribution in [1.29, 1.82) is 0 Å². The molecule has 0 saturated carbocycles. The Hall–Kier alpha value is -6.51. The summed E-state index contributed by atoms with van der Waals surface area (Å²) in [7, 11) is 0. The molecule has 0 spiro atoms. The Morgan fingerprint density at radius 1 is 0.381 bits per heavy atom. The number of aromatic nitrogens is 6. The van der Waals surface area contributed by atoms with E-state index in [1.54, 1.807) is 54.6 Å². The molecule has 0 aliphatic heterocycles. The van der Waals surface area contributed by atoms with Crippen LogP contribution < -0.4 is 14.2 Å². The predicted octanol–water partition coefficient (Wildman–Crippen LogP) is 13.1. The zero-order valence-electron chi connectivity index (χ0n) is 35.8. The summed E-state index contributed by atoms with van der Waals surface area (Å²) in [5.74, 6) is -0.594. The molecular weight excluding hydrogens is 814 g/mol. The van der Waals surface area contributed by atoms with Gasteiger partial charge in [0.15, 0.2) is 34.7 Å². The lowest BCUT2D eigenvalue weighted by Gasteiger charge is -2.07. The van der Waals surface area contributed by atoms with E-state index < -0.39 is 17.5 Å². The minimum Gasteiger partial charge on any atom is -0.491 e. The molecule has 7 aromatic rings. The van der Waals surface area contributed by atoms with Crippen LogP contribution in [-0.2, 0) is 0 Å². The van der Waals surface area contributed by atoms with E-state index >= 15 is 13.2 Å². The lowest BCUT2D eigenvalue weighted by atomic mass is 10.0. The second-order valence-corrected chi connectivity index (χ2v) is 15.2. The topological polar surface area (TPSA) is 144 Å². The van der Waals surface area contributed by atoms with E-state index in [-0.39, 0.29) is 52.4 Å². The third kappa shape index (κ3) is 11.7. The van der Waals surface area contributed by atoms with Gasteiger partial charge in [0, 0.05) is 33.4 Å². The fraction of sp³-hybridized carbons (Fsp3) is 0.375. The fourth-order valence-corrected chi connectivity index (χ4v) is 6.78. The molecule has 0 radical (unpaired) electrons. The van der Waals surface area contributed by atoms with Crippen molar-refractivity contribution in [3.63, 3.8) is 0 Å². The Balaban J connectivity index is 1.16. The van der Waals surface area contributed by atoms with Crippen LogP contribution in [0.4, 0.5) is 13.2 Å². The third-order valence-corrected chi connectivity index (χ3v) is 10.3. The first-order valence-corrected chi connectivity index (χ1v) is 21.8. The average Bonchev–Trinajstić information content (AvgIpc) is 4.10. The van der Waals surface area contributed by atoms with Crippen LogP contribution in [-0.4, -0.2) is 50.2 Å². The molecule has 3 heterocycles.